The van der Waals surface area contributed by atoms with Crippen LogP contribution in [0.15, 0.2) is 48.5 Å². The highest BCUT2D eigenvalue weighted by atomic mass is 16.7. The first kappa shape index (κ1) is 27.0. The minimum atomic E-state index is -0.620. The van der Waals surface area contributed by atoms with Gasteiger partial charge in [-0.3, -0.25) is 4.79 Å². The number of ether oxygens (including phenoxy) is 8. The molecule has 2 aliphatic heterocycles. The zero-order valence-electron chi connectivity index (χ0n) is 22.7. The van der Waals surface area contributed by atoms with E-state index in [1.807, 2.05) is 20.8 Å². The molecule has 0 amide bonds. The molecule has 0 atom stereocenters. The minimum Gasteiger partial charge on any atom is -0.462 e. The van der Waals surface area contributed by atoms with Crippen molar-refractivity contribution in [2.75, 3.05) is 20.2 Å². The first-order valence-corrected chi connectivity index (χ1v) is 12.9. The maximum Gasteiger partial charge on any atom is 0.345 e. The Kier molecular flexibility index (Phi) is 7.59. The quantitative estimate of drug-likeness (QED) is 0.287. The predicted molar refractivity (Wildman–Crippen MR) is 142 cm³/mol. The smallest absolute Gasteiger partial charge is 0.345 e. The van der Waals surface area contributed by atoms with Gasteiger partial charge in [-0.15, -0.1) is 0 Å². The van der Waals surface area contributed by atoms with E-state index < -0.39 is 11.6 Å². The van der Waals surface area contributed by atoms with Crippen LogP contribution in [-0.2, 0) is 20.7 Å². The summed E-state index contributed by atoms with van der Waals surface area (Å²) in [6, 6.07) is 13.5. The number of hydrogen-bond donors (Lipinski definition) is 0. The molecule has 0 N–H and O–H groups in total. The zero-order chi connectivity index (χ0) is 28.3. The summed E-state index contributed by atoms with van der Waals surface area (Å²) in [5.74, 6) is 2.46. The Morgan fingerprint density at radius 2 is 1.45 bits per heavy atom. The molecule has 0 aliphatic carbocycles. The first-order chi connectivity index (χ1) is 19.2. The molecule has 10 heteroatoms. The average Bonchev–Trinajstić information content (AvgIpc) is 3.55. The van der Waals surface area contributed by atoms with Crippen LogP contribution >= 0.6 is 0 Å². The fourth-order valence-corrected chi connectivity index (χ4v) is 4.16. The second-order valence-electron chi connectivity index (χ2n) is 9.97. The normalized spacial score (nSPS) is 13.1. The van der Waals surface area contributed by atoms with Gasteiger partial charge in [0.05, 0.1) is 6.61 Å². The molecule has 0 radical (unpaired) electrons. The van der Waals surface area contributed by atoms with E-state index in [1.54, 1.807) is 55.5 Å². The van der Waals surface area contributed by atoms with E-state index in [0.29, 0.717) is 46.5 Å². The second-order valence-corrected chi connectivity index (χ2v) is 9.97. The lowest BCUT2D eigenvalue weighted by Crippen LogP contribution is -2.24. The minimum absolute atomic E-state index is 0.0667. The molecule has 2 aliphatic rings. The van der Waals surface area contributed by atoms with Crippen LogP contribution in [0.4, 0.5) is 0 Å². The molecule has 0 unspecified atom stereocenters. The number of fused-ring (bicyclic) bond motifs is 2. The predicted octanol–water partition coefficient (Wildman–Crippen LogP) is 6.18. The van der Waals surface area contributed by atoms with Crippen LogP contribution in [0.25, 0.3) is 0 Å². The van der Waals surface area contributed by atoms with Crippen molar-refractivity contribution in [3.05, 3.63) is 59.7 Å². The fraction of sp³-hybridized carbons (Fsp3) is 0.333. The van der Waals surface area contributed by atoms with Crippen molar-refractivity contribution in [1.29, 1.82) is 0 Å². The standard InChI is InChI=1S/C30H30O10/c1-5-33-29(32)28-21(38-19-10-11-20-25(14-19)36-16-34-20)7-6-8-22(28)39-23-15-26-24(35-17-37-26)13-18(23)9-12-27(31)40-30(2,3)4/h6-8,10-11,13-15H,5,9,12,16-17H2,1-4H3. The number of hydrogen-bond acceptors (Lipinski definition) is 10. The summed E-state index contributed by atoms with van der Waals surface area (Å²) >= 11 is 0. The van der Waals surface area contributed by atoms with Crippen molar-refractivity contribution in [1.82, 2.24) is 0 Å². The second kappa shape index (κ2) is 11.3. The summed E-state index contributed by atoms with van der Waals surface area (Å²) in [6.45, 7) is 7.51. The van der Waals surface area contributed by atoms with E-state index in [9.17, 15) is 9.59 Å². The zero-order valence-corrected chi connectivity index (χ0v) is 22.7. The fourth-order valence-electron chi connectivity index (χ4n) is 4.16. The number of carbonyl (C=O) groups is 2. The molecule has 5 rings (SSSR count). The molecule has 40 heavy (non-hydrogen) atoms. The molecule has 3 aromatic carbocycles. The van der Waals surface area contributed by atoms with Crippen molar-refractivity contribution in [3.8, 4) is 46.0 Å². The van der Waals surface area contributed by atoms with Crippen LogP contribution in [0.2, 0.25) is 0 Å². The van der Waals surface area contributed by atoms with E-state index >= 15 is 0 Å². The largest absolute Gasteiger partial charge is 0.462 e. The van der Waals surface area contributed by atoms with Gasteiger partial charge in [0, 0.05) is 18.6 Å². The van der Waals surface area contributed by atoms with Crippen molar-refractivity contribution >= 4 is 11.9 Å². The topological polar surface area (TPSA) is 108 Å². The highest BCUT2D eigenvalue weighted by Crippen LogP contribution is 2.43. The highest BCUT2D eigenvalue weighted by molar-refractivity contribution is 5.96. The van der Waals surface area contributed by atoms with Gasteiger partial charge in [-0.2, -0.15) is 0 Å². The highest BCUT2D eigenvalue weighted by Gasteiger charge is 2.25. The van der Waals surface area contributed by atoms with Gasteiger partial charge in [0.25, 0.3) is 0 Å². The van der Waals surface area contributed by atoms with Gasteiger partial charge in [0.15, 0.2) is 23.0 Å². The lowest BCUT2D eigenvalue weighted by atomic mass is 10.1. The van der Waals surface area contributed by atoms with E-state index in [1.165, 1.54) is 0 Å². The summed E-state index contributed by atoms with van der Waals surface area (Å²) < 4.78 is 45.1. The van der Waals surface area contributed by atoms with Crippen LogP contribution in [0, 0.1) is 0 Å². The monoisotopic (exact) mass is 550 g/mol. The lowest BCUT2D eigenvalue weighted by Gasteiger charge is -2.20. The Morgan fingerprint density at radius 1 is 0.800 bits per heavy atom. The third-order valence-corrected chi connectivity index (χ3v) is 5.83. The van der Waals surface area contributed by atoms with Crippen LogP contribution in [-0.4, -0.2) is 37.7 Å². The molecule has 3 aromatic rings. The summed E-state index contributed by atoms with van der Waals surface area (Å²) in [5.41, 5.74) is 0.169. The van der Waals surface area contributed by atoms with Crippen molar-refractivity contribution in [2.45, 2.75) is 46.1 Å². The third-order valence-electron chi connectivity index (χ3n) is 5.83. The Bertz CT molecular complexity index is 1420. The Labute approximate surface area is 231 Å². The Hall–Kier alpha value is -4.60. The van der Waals surface area contributed by atoms with Crippen molar-refractivity contribution < 1.29 is 47.5 Å². The first-order valence-electron chi connectivity index (χ1n) is 12.9. The summed E-state index contributed by atoms with van der Waals surface area (Å²) in [5, 5.41) is 0. The maximum atomic E-state index is 13.1. The summed E-state index contributed by atoms with van der Waals surface area (Å²) in [7, 11) is 0. The molecule has 0 bridgehead atoms. The Morgan fingerprint density at radius 3 is 2.15 bits per heavy atom. The maximum absolute atomic E-state index is 13.1. The SMILES string of the molecule is CCOC(=O)c1c(Oc2ccc3c(c2)OCO3)cccc1Oc1cc2c(cc1CCC(=O)OC(C)(C)C)OCO2. The van der Waals surface area contributed by atoms with Crippen molar-refractivity contribution in [3.63, 3.8) is 0 Å². The molecule has 0 saturated heterocycles. The third kappa shape index (κ3) is 6.17. The van der Waals surface area contributed by atoms with Gasteiger partial charge in [-0.1, -0.05) is 6.07 Å². The Balaban J connectivity index is 1.47. The molecule has 0 spiro atoms. The summed E-state index contributed by atoms with van der Waals surface area (Å²) in [4.78, 5) is 25.6. The van der Waals surface area contributed by atoms with Gasteiger partial charge in [-0.05, 0) is 70.0 Å². The van der Waals surface area contributed by atoms with Gasteiger partial charge in [0.1, 0.15) is 34.2 Å². The number of carbonyl (C=O) groups excluding carboxylic acids is 2. The van der Waals surface area contributed by atoms with Crippen LogP contribution in [0.5, 0.6) is 46.0 Å². The average molecular weight is 551 g/mol. The molecular formula is C30H30O10. The molecule has 0 saturated carbocycles. The molecule has 2 heterocycles. The molecule has 10 nitrogen and oxygen atoms in total. The van der Waals surface area contributed by atoms with Gasteiger partial charge >= 0.3 is 11.9 Å². The number of benzene rings is 3. The molecule has 0 fully saturated rings. The van der Waals surface area contributed by atoms with E-state index in [0.717, 1.165) is 0 Å². The van der Waals surface area contributed by atoms with Gasteiger partial charge in [0.2, 0.25) is 13.6 Å². The van der Waals surface area contributed by atoms with E-state index in [2.05, 4.69) is 0 Å². The lowest BCUT2D eigenvalue weighted by molar-refractivity contribution is -0.154. The van der Waals surface area contributed by atoms with Crippen LogP contribution in [0.3, 0.4) is 0 Å². The van der Waals surface area contributed by atoms with Crippen LogP contribution in [0.1, 0.15) is 50.0 Å². The van der Waals surface area contributed by atoms with Crippen LogP contribution < -0.4 is 28.4 Å². The van der Waals surface area contributed by atoms with E-state index in [4.69, 9.17) is 37.9 Å². The van der Waals surface area contributed by atoms with Gasteiger partial charge in [-0.25, -0.2) is 4.79 Å². The van der Waals surface area contributed by atoms with Crippen molar-refractivity contribution in [2.24, 2.45) is 0 Å². The number of aryl methyl sites for hydroxylation is 1. The molecule has 0 aromatic heterocycles. The number of rotatable bonds is 9. The summed E-state index contributed by atoms with van der Waals surface area (Å²) in [6.07, 6.45) is 0.425. The molecular weight excluding hydrogens is 520 g/mol. The van der Waals surface area contributed by atoms with Gasteiger partial charge < -0.3 is 37.9 Å². The molecule has 210 valence electrons. The van der Waals surface area contributed by atoms with E-state index in [-0.39, 0.29) is 49.6 Å². The number of esters is 2.